The molecule has 180 valence electrons. The lowest BCUT2D eigenvalue weighted by molar-refractivity contribution is 0.0903. The minimum atomic E-state index is -0.0103. The molecule has 0 bridgehead atoms. The van der Waals surface area contributed by atoms with Crippen molar-refractivity contribution in [1.82, 2.24) is 15.4 Å². The Morgan fingerprint density at radius 3 is 2.65 bits per heavy atom. The van der Waals surface area contributed by atoms with Crippen LogP contribution in [0.2, 0.25) is 0 Å². The monoisotopic (exact) mass is 460 g/mol. The molecule has 2 atom stereocenters. The van der Waals surface area contributed by atoms with Gasteiger partial charge in [-0.25, -0.2) is 0 Å². The van der Waals surface area contributed by atoms with Crippen molar-refractivity contribution in [1.29, 1.82) is 0 Å². The topological polar surface area (TPSA) is 67.8 Å². The van der Waals surface area contributed by atoms with Gasteiger partial charge in [0.05, 0.1) is 0 Å². The van der Waals surface area contributed by atoms with Crippen LogP contribution in [-0.2, 0) is 0 Å². The fourth-order valence-corrected chi connectivity index (χ4v) is 4.90. The number of rotatable bonds is 7. The Hall–Kier alpha value is -2.77. The number of carbonyl (C=O) groups excluding carboxylic acids is 1. The summed E-state index contributed by atoms with van der Waals surface area (Å²) in [5.74, 6) is 2.81. The maximum atomic E-state index is 13.0. The number of phenolic OH excluding ortho intramolecular Hbond substituents is 1. The highest BCUT2D eigenvalue weighted by atomic mass is 16.3. The molecule has 1 fully saturated rings. The number of carbonyl (C=O) groups is 1. The Balaban J connectivity index is 1.34. The summed E-state index contributed by atoms with van der Waals surface area (Å²) in [5.41, 5.74) is 2.95. The van der Waals surface area contributed by atoms with Crippen molar-refractivity contribution in [3.63, 3.8) is 0 Å². The first-order valence-electron chi connectivity index (χ1n) is 12.5. The number of nitrogens with zero attached hydrogens (tertiary/aromatic N) is 2. The highest BCUT2D eigenvalue weighted by molar-refractivity contribution is 6.75. The SMILES string of the molecule is CC(C)C(CN1CCN(c2cccc(O)c2)[C@@H](C)C1)NC(=O)c1ccc(B2C=CCCN2)cc1. The van der Waals surface area contributed by atoms with Crippen LogP contribution in [0.4, 0.5) is 5.69 Å². The smallest absolute Gasteiger partial charge is 0.281 e. The van der Waals surface area contributed by atoms with Crippen LogP contribution in [-0.4, -0.2) is 67.6 Å². The van der Waals surface area contributed by atoms with Crippen molar-refractivity contribution in [2.75, 3.05) is 37.6 Å². The first-order valence-corrected chi connectivity index (χ1v) is 12.5. The molecule has 4 rings (SSSR count). The van der Waals surface area contributed by atoms with Gasteiger partial charge in [0, 0.05) is 55.6 Å². The van der Waals surface area contributed by atoms with E-state index in [1.54, 1.807) is 6.07 Å². The zero-order valence-corrected chi connectivity index (χ0v) is 20.6. The Labute approximate surface area is 204 Å². The second-order valence-corrected chi connectivity index (χ2v) is 9.92. The number of phenols is 1. The summed E-state index contributed by atoms with van der Waals surface area (Å²) in [6, 6.07) is 15.8. The molecule has 0 aromatic heterocycles. The lowest BCUT2D eigenvalue weighted by Gasteiger charge is -2.42. The van der Waals surface area contributed by atoms with Crippen molar-refractivity contribution in [3.05, 3.63) is 66.1 Å². The molecular weight excluding hydrogens is 423 g/mol. The molecule has 2 aliphatic heterocycles. The molecule has 0 spiro atoms. The van der Waals surface area contributed by atoms with Gasteiger partial charge >= 0.3 is 0 Å². The number of hydrogen-bond donors (Lipinski definition) is 3. The van der Waals surface area contributed by atoms with Crippen LogP contribution in [0, 0.1) is 5.92 Å². The van der Waals surface area contributed by atoms with E-state index in [4.69, 9.17) is 0 Å². The maximum Gasteiger partial charge on any atom is 0.281 e. The number of hydrogen-bond acceptors (Lipinski definition) is 5. The molecular formula is C27H37BN4O2. The Bertz CT molecular complexity index is 994. The van der Waals surface area contributed by atoms with Gasteiger partial charge in [0.25, 0.3) is 12.8 Å². The molecule has 0 aliphatic carbocycles. The third kappa shape index (κ3) is 6.02. The number of benzene rings is 2. The van der Waals surface area contributed by atoms with Crippen LogP contribution in [0.5, 0.6) is 5.75 Å². The van der Waals surface area contributed by atoms with Gasteiger partial charge in [-0.15, -0.1) is 0 Å². The van der Waals surface area contributed by atoms with Crippen LogP contribution >= 0.6 is 0 Å². The lowest BCUT2D eigenvalue weighted by atomic mass is 9.55. The van der Waals surface area contributed by atoms with Gasteiger partial charge in [0.2, 0.25) is 0 Å². The van der Waals surface area contributed by atoms with Crippen molar-refractivity contribution in [3.8, 4) is 5.75 Å². The highest BCUT2D eigenvalue weighted by Gasteiger charge is 2.27. The van der Waals surface area contributed by atoms with Crippen molar-refractivity contribution < 1.29 is 9.90 Å². The van der Waals surface area contributed by atoms with E-state index in [9.17, 15) is 9.90 Å². The molecule has 0 radical (unpaired) electrons. The van der Waals surface area contributed by atoms with E-state index in [1.807, 2.05) is 24.3 Å². The molecule has 2 aromatic carbocycles. The summed E-state index contributed by atoms with van der Waals surface area (Å²) < 4.78 is 0. The second kappa shape index (κ2) is 11.1. The van der Waals surface area contributed by atoms with Crippen LogP contribution in [0.15, 0.2) is 60.6 Å². The zero-order valence-electron chi connectivity index (χ0n) is 20.6. The normalized spacial score (nSPS) is 19.9. The van der Waals surface area contributed by atoms with Crippen LogP contribution in [0.1, 0.15) is 37.6 Å². The number of piperazine rings is 1. The average molecular weight is 460 g/mol. The molecule has 1 saturated heterocycles. The van der Waals surface area contributed by atoms with Crippen molar-refractivity contribution >= 4 is 23.9 Å². The van der Waals surface area contributed by atoms with Crippen molar-refractivity contribution in [2.24, 2.45) is 5.92 Å². The van der Waals surface area contributed by atoms with Gasteiger partial charge in [-0.2, -0.15) is 0 Å². The van der Waals surface area contributed by atoms with Gasteiger partial charge in [0.15, 0.2) is 0 Å². The average Bonchev–Trinajstić information content (AvgIpc) is 2.84. The van der Waals surface area contributed by atoms with Gasteiger partial charge < -0.3 is 20.6 Å². The van der Waals surface area contributed by atoms with E-state index in [0.717, 1.165) is 44.8 Å². The van der Waals surface area contributed by atoms with E-state index < -0.39 is 0 Å². The third-order valence-corrected chi connectivity index (χ3v) is 6.98. The van der Waals surface area contributed by atoms with E-state index in [-0.39, 0.29) is 18.8 Å². The van der Waals surface area contributed by atoms with E-state index >= 15 is 0 Å². The zero-order chi connectivity index (χ0) is 24.1. The van der Waals surface area contributed by atoms with Gasteiger partial charge in [-0.3, -0.25) is 9.69 Å². The number of amides is 1. The van der Waals surface area contributed by atoms with E-state index in [1.165, 1.54) is 5.46 Å². The first kappa shape index (κ1) is 24.4. The standard InChI is InChI=1S/C27H37BN4O2/c1-20(2)26(19-31-15-16-32(21(3)18-31)24-7-6-8-25(33)17-24)30-27(34)22-9-11-23(12-10-22)28-13-4-5-14-29-28/h4,6-13,17,20-21,26,29,33H,5,14-16,18-19H2,1-3H3,(H,30,34)/t21-,26?/m0/s1. The molecule has 6 nitrogen and oxygen atoms in total. The summed E-state index contributed by atoms with van der Waals surface area (Å²) >= 11 is 0. The summed E-state index contributed by atoms with van der Waals surface area (Å²) in [7, 11) is 0. The molecule has 7 heteroatoms. The largest absolute Gasteiger partial charge is 0.508 e. The molecule has 34 heavy (non-hydrogen) atoms. The van der Waals surface area contributed by atoms with Gasteiger partial charge in [-0.1, -0.05) is 49.6 Å². The lowest BCUT2D eigenvalue weighted by Crippen LogP contribution is -2.56. The molecule has 2 aliphatic rings. The summed E-state index contributed by atoms with van der Waals surface area (Å²) in [6.45, 7) is 11.3. The molecule has 2 heterocycles. The third-order valence-electron chi connectivity index (χ3n) is 6.98. The van der Waals surface area contributed by atoms with E-state index in [2.05, 4.69) is 71.4 Å². The predicted octanol–water partition coefficient (Wildman–Crippen LogP) is 2.64. The Morgan fingerprint density at radius 2 is 2.00 bits per heavy atom. The predicted molar refractivity (Wildman–Crippen MR) is 141 cm³/mol. The maximum absolute atomic E-state index is 13.0. The molecule has 1 unspecified atom stereocenters. The first-order chi connectivity index (χ1) is 16.4. The molecule has 3 N–H and O–H groups in total. The van der Waals surface area contributed by atoms with Gasteiger partial charge in [0.1, 0.15) is 5.75 Å². The fraction of sp³-hybridized carbons (Fsp3) is 0.444. The molecule has 1 amide bonds. The van der Waals surface area contributed by atoms with Gasteiger partial charge in [-0.05, 0) is 50.1 Å². The van der Waals surface area contributed by atoms with Crippen LogP contribution in [0.3, 0.4) is 0 Å². The second-order valence-electron chi connectivity index (χ2n) is 9.92. The summed E-state index contributed by atoms with van der Waals surface area (Å²) in [5, 5.41) is 16.6. The Morgan fingerprint density at radius 1 is 1.21 bits per heavy atom. The number of aromatic hydroxyl groups is 1. The Kier molecular flexibility index (Phi) is 7.96. The highest BCUT2D eigenvalue weighted by Crippen LogP contribution is 2.24. The quantitative estimate of drug-likeness (QED) is 0.555. The van der Waals surface area contributed by atoms with Crippen LogP contribution in [0.25, 0.3) is 0 Å². The molecule has 0 saturated carbocycles. The minimum Gasteiger partial charge on any atom is -0.508 e. The number of anilines is 1. The number of nitrogens with one attached hydrogen (secondary N) is 2. The van der Waals surface area contributed by atoms with Crippen molar-refractivity contribution in [2.45, 2.75) is 39.3 Å². The molecule has 2 aromatic rings. The minimum absolute atomic E-state index is 0.0103. The summed E-state index contributed by atoms with van der Waals surface area (Å²) in [6.07, 6.45) is 3.27. The fourth-order valence-electron chi connectivity index (χ4n) is 4.90. The van der Waals surface area contributed by atoms with E-state index in [0.29, 0.717) is 23.3 Å². The summed E-state index contributed by atoms with van der Waals surface area (Å²) in [4.78, 5) is 17.8. The van der Waals surface area contributed by atoms with Crippen LogP contribution < -0.4 is 20.9 Å².